The van der Waals surface area contributed by atoms with Crippen LogP contribution < -0.4 is 5.32 Å². The summed E-state index contributed by atoms with van der Waals surface area (Å²) in [5.41, 5.74) is 1.71. The van der Waals surface area contributed by atoms with Gasteiger partial charge in [0.25, 0.3) is 0 Å². The fourth-order valence-electron chi connectivity index (χ4n) is 2.52. The molecule has 0 radical (unpaired) electrons. The SMILES string of the molecule is C#Cc1cnc(-c2ccc([C@@H](C)O)s2)nc1Nc1cc(C2CC2)[nH]n1.[HH]. The second-order valence-electron chi connectivity index (χ2n) is 6.09. The quantitative estimate of drug-likeness (QED) is 0.607. The van der Waals surface area contributed by atoms with E-state index in [1.807, 2.05) is 18.2 Å². The van der Waals surface area contributed by atoms with Crippen LogP contribution in [0.1, 0.15) is 49.3 Å². The molecule has 3 N–H and O–H groups in total. The molecule has 1 aliphatic rings. The van der Waals surface area contributed by atoms with Crippen molar-refractivity contribution in [2.75, 3.05) is 5.32 Å². The van der Waals surface area contributed by atoms with Gasteiger partial charge in [-0.05, 0) is 31.9 Å². The lowest BCUT2D eigenvalue weighted by Crippen LogP contribution is -2.00. The summed E-state index contributed by atoms with van der Waals surface area (Å²) in [6.45, 7) is 1.74. The van der Waals surface area contributed by atoms with Gasteiger partial charge in [0.05, 0.1) is 16.5 Å². The van der Waals surface area contributed by atoms with E-state index in [4.69, 9.17) is 6.42 Å². The first-order chi connectivity index (χ1) is 12.1. The lowest BCUT2D eigenvalue weighted by molar-refractivity contribution is 0.203. The van der Waals surface area contributed by atoms with Crippen molar-refractivity contribution in [3.8, 4) is 23.0 Å². The number of H-pyrrole nitrogens is 1. The summed E-state index contributed by atoms with van der Waals surface area (Å²) in [6, 6.07) is 5.78. The number of rotatable bonds is 5. The van der Waals surface area contributed by atoms with Crippen LogP contribution in [0.3, 0.4) is 0 Å². The fourth-order valence-corrected chi connectivity index (χ4v) is 3.41. The minimum Gasteiger partial charge on any atom is -0.388 e. The number of aliphatic hydroxyl groups excluding tert-OH is 1. The van der Waals surface area contributed by atoms with E-state index in [9.17, 15) is 5.11 Å². The van der Waals surface area contributed by atoms with Gasteiger partial charge < -0.3 is 10.4 Å². The number of nitrogens with one attached hydrogen (secondary N) is 2. The molecule has 1 aliphatic carbocycles. The van der Waals surface area contributed by atoms with E-state index in [0.717, 1.165) is 15.4 Å². The van der Waals surface area contributed by atoms with Crippen LogP contribution in [-0.2, 0) is 0 Å². The van der Waals surface area contributed by atoms with Crippen molar-refractivity contribution in [1.29, 1.82) is 0 Å². The number of thiophene rings is 1. The summed E-state index contributed by atoms with van der Waals surface area (Å²) in [7, 11) is 0. The number of hydrogen-bond acceptors (Lipinski definition) is 6. The van der Waals surface area contributed by atoms with E-state index in [0.29, 0.717) is 28.9 Å². The lowest BCUT2D eigenvalue weighted by Gasteiger charge is -2.06. The molecule has 4 rings (SSSR count). The minimum atomic E-state index is -0.508. The third-order valence-electron chi connectivity index (χ3n) is 4.06. The van der Waals surface area contributed by atoms with Crippen molar-refractivity contribution in [3.63, 3.8) is 0 Å². The Morgan fingerprint density at radius 2 is 2.32 bits per heavy atom. The maximum Gasteiger partial charge on any atom is 0.171 e. The first-order valence-electron chi connectivity index (χ1n) is 8.08. The molecule has 0 amide bonds. The van der Waals surface area contributed by atoms with Gasteiger partial charge in [-0.3, -0.25) is 5.10 Å². The highest BCUT2D eigenvalue weighted by Gasteiger charge is 2.25. The van der Waals surface area contributed by atoms with Crippen LogP contribution in [0.25, 0.3) is 10.7 Å². The minimum absolute atomic E-state index is 0. The Bertz CT molecular complexity index is 955. The highest BCUT2D eigenvalue weighted by Crippen LogP contribution is 2.39. The Morgan fingerprint density at radius 1 is 1.48 bits per heavy atom. The molecule has 3 aromatic heterocycles. The number of aromatic amines is 1. The van der Waals surface area contributed by atoms with Crippen molar-refractivity contribution in [2.45, 2.75) is 31.8 Å². The molecule has 3 aromatic rings. The standard InChI is InChI=1S/C18H17N5OS.H2/c1-3-11-9-19-18(15-7-6-14(25-15)10(2)24)21-17(11)20-16-8-13(22-23-16)12-4-5-12;/h1,6-10,12,24H,4-5H2,2H3,(H2,19,20,21,22,23);1H/t10-;/m1./s1. The van der Waals surface area contributed by atoms with Crippen LogP contribution in [0, 0.1) is 12.3 Å². The summed E-state index contributed by atoms with van der Waals surface area (Å²) in [6.07, 6.45) is 9.10. The van der Waals surface area contributed by atoms with Crippen LogP contribution in [-0.4, -0.2) is 25.3 Å². The topological polar surface area (TPSA) is 86.7 Å². The number of hydrogen-bond donors (Lipinski definition) is 3. The molecule has 1 saturated carbocycles. The van der Waals surface area contributed by atoms with Gasteiger partial charge >= 0.3 is 0 Å². The van der Waals surface area contributed by atoms with Gasteiger partial charge in [0, 0.05) is 30.2 Å². The van der Waals surface area contributed by atoms with Crippen LogP contribution in [0.2, 0.25) is 0 Å². The van der Waals surface area contributed by atoms with E-state index in [-0.39, 0.29) is 1.43 Å². The molecule has 0 aromatic carbocycles. The van der Waals surface area contributed by atoms with Gasteiger partial charge in [-0.25, -0.2) is 9.97 Å². The zero-order chi connectivity index (χ0) is 17.4. The Morgan fingerprint density at radius 3 is 3.00 bits per heavy atom. The Labute approximate surface area is 150 Å². The average molecular weight is 353 g/mol. The maximum absolute atomic E-state index is 9.69. The van der Waals surface area contributed by atoms with Crippen molar-refractivity contribution >= 4 is 23.0 Å². The van der Waals surface area contributed by atoms with Gasteiger partial charge in [0.1, 0.15) is 0 Å². The predicted octanol–water partition coefficient (Wildman–Crippen LogP) is 3.83. The highest BCUT2D eigenvalue weighted by atomic mass is 32.1. The molecular weight excluding hydrogens is 334 g/mol. The van der Waals surface area contributed by atoms with E-state index in [1.165, 1.54) is 24.2 Å². The number of aromatic nitrogens is 4. The molecule has 6 nitrogen and oxygen atoms in total. The zero-order valence-corrected chi connectivity index (χ0v) is 14.5. The third kappa shape index (κ3) is 3.27. The van der Waals surface area contributed by atoms with Gasteiger partial charge in [0.15, 0.2) is 17.5 Å². The average Bonchev–Trinajstić information content (AvgIpc) is 3.15. The van der Waals surface area contributed by atoms with Crippen molar-refractivity contribution in [3.05, 3.63) is 40.5 Å². The largest absolute Gasteiger partial charge is 0.388 e. The molecule has 7 heteroatoms. The molecule has 25 heavy (non-hydrogen) atoms. The molecule has 1 fully saturated rings. The van der Waals surface area contributed by atoms with E-state index < -0.39 is 6.10 Å². The lowest BCUT2D eigenvalue weighted by atomic mass is 10.3. The van der Waals surface area contributed by atoms with Crippen LogP contribution in [0.4, 0.5) is 11.6 Å². The van der Waals surface area contributed by atoms with Crippen LogP contribution in [0.15, 0.2) is 24.4 Å². The summed E-state index contributed by atoms with van der Waals surface area (Å²) >= 11 is 1.46. The third-order valence-corrected chi connectivity index (χ3v) is 5.32. The molecule has 0 spiro atoms. The van der Waals surface area contributed by atoms with Crippen LogP contribution >= 0.6 is 11.3 Å². The van der Waals surface area contributed by atoms with Gasteiger partial charge in [-0.2, -0.15) is 5.10 Å². The van der Waals surface area contributed by atoms with E-state index in [1.54, 1.807) is 13.1 Å². The van der Waals surface area contributed by atoms with Gasteiger partial charge in [-0.15, -0.1) is 17.8 Å². The Balaban J connectivity index is 0.00000196. The predicted molar refractivity (Wildman–Crippen MR) is 99.9 cm³/mol. The smallest absolute Gasteiger partial charge is 0.171 e. The summed E-state index contributed by atoms with van der Waals surface area (Å²) in [5, 5.41) is 20.2. The fraction of sp³-hybridized carbons (Fsp3) is 0.278. The number of nitrogens with zero attached hydrogens (tertiary/aromatic N) is 3. The van der Waals surface area contributed by atoms with Gasteiger partial charge in [0.2, 0.25) is 0 Å². The molecule has 1 atom stereocenters. The summed E-state index contributed by atoms with van der Waals surface area (Å²) in [5.74, 6) is 5.00. The second-order valence-corrected chi connectivity index (χ2v) is 7.20. The van der Waals surface area contributed by atoms with Crippen molar-refractivity contribution in [2.24, 2.45) is 0 Å². The first kappa shape index (κ1) is 15.8. The zero-order valence-electron chi connectivity index (χ0n) is 13.7. The van der Waals surface area contributed by atoms with Crippen molar-refractivity contribution in [1.82, 2.24) is 20.2 Å². The number of terminal acetylenes is 1. The van der Waals surface area contributed by atoms with Crippen LogP contribution in [0.5, 0.6) is 0 Å². The maximum atomic E-state index is 9.69. The summed E-state index contributed by atoms with van der Waals surface area (Å²) in [4.78, 5) is 10.7. The van der Waals surface area contributed by atoms with Gasteiger partial charge in [-0.1, -0.05) is 5.92 Å². The normalized spacial score (nSPS) is 14.9. The number of anilines is 2. The molecule has 0 saturated heterocycles. The summed E-state index contributed by atoms with van der Waals surface area (Å²) < 4.78 is 0. The Hall–Kier alpha value is -2.69. The molecule has 0 unspecified atom stereocenters. The first-order valence-corrected chi connectivity index (χ1v) is 8.90. The number of aliphatic hydroxyl groups is 1. The second kappa shape index (κ2) is 6.31. The molecule has 128 valence electrons. The monoisotopic (exact) mass is 353 g/mol. The molecule has 0 bridgehead atoms. The van der Waals surface area contributed by atoms with E-state index in [2.05, 4.69) is 31.4 Å². The van der Waals surface area contributed by atoms with E-state index >= 15 is 0 Å². The Kier molecular flexibility index (Phi) is 3.99. The van der Waals surface area contributed by atoms with Crippen molar-refractivity contribution < 1.29 is 6.53 Å². The molecular formula is C18H19N5OS. The molecule has 3 heterocycles. The molecule has 0 aliphatic heterocycles. The highest BCUT2D eigenvalue weighted by molar-refractivity contribution is 7.15.